The Morgan fingerprint density at radius 1 is 0.629 bits per heavy atom. The fourth-order valence-electron chi connectivity index (χ4n) is 4.87. The first kappa shape index (κ1) is 26.8. The Bertz CT molecular complexity index is 1270. The van der Waals surface area contributed by atoms with Gasteiger partial charge in [0.15, 0.2) is 0 Å². The zero-order valence-electron chi connectivity index (χ0n) is 22.3. The Kier molecular flexibility index (Phi) is 9.02. The van der Waals surface area contributed by atoms with E-state index in [0.717, 1.165) is 22.4 Å². The van der Waals surface area contributed by atoms with Gasteiger partial charge >= 0.3 is 0 Å². The minimum atomic E-state index is 0.642. The van der Waals surface area contributed by atoms with Gasteiger partial charge in [-0.05, 0) is 116 Å². The second-order valence-corrected chi connectivity index (χ2v) is 10.8. The van der Waals surface area contributed by atoms with E-state index in [1.165, 1.54) is 50.2 Å². The number of rotatable bonds is 4. The van der Waals surface area contributed by atoms with Crippen molar-refractivity contribution in [1.29, 1.82) is 0 Å². The number of halogens is 1. The summed E-state index contributed by atoms with van der Waals surface area (Å²) in [6.45, 7) is 17.4. The molecule has 0 spiro atoms. The number of nitrogens with zero attached hydrogens (tertiary/aromatic N) is 2. The van der Waals surface area contributed by atoms with Crippen molar-refractivity contribution in [2.24, 2.45) is 5.92 Å². The van der Waals surface area contributed by atoms with Gasteiger partial charge in [0.05, 0.1) is 11.4 Å². The molecule has 0 radical (unpaired) electrons. The minimum Gasteiger partial charge on any atom is -0.253 e. The Hall–Kier alpha value is -2.78. The normalized spacial score (nSPS) is 10.8. The van der Waals surface area contributed by atoms with Crippen LogP contribution >= 0.6 is 15.9 Å². The zero-order valence-corrected chi connectivity index (χ0v) is 23.9. The third-order valence-corrected chi connectivity index (χ3v) is 6.45. The van der Waals surface area contributed by atoms with E-state index in [4.69, 9.17) is 4.98 Å². The molecule has 0 saturated carbocycles. The summed E-state index contributed by atoms with van der Waals surface area (Å²) in [6.07, 6.45) is 1.04. The van der Waals surface area contributed by atoms with Gasteiger partial charge in [0.1, 0.15) is 4.60 Å². The number of aryl methyl sites for hydroxylation is 6. The molecule has 0 N–H and O–H groups in total. The van der Waals surface area contributed by atoms with Crippen LogP contribution in [0.1, 0.15) is 52.9 Å². The van der Waals surface area contributed by atoms with Crippen molar-refractivity contribution in [3.8, 4) is 22.5 Å². The average Bonchev–Trinajstić information content (AvgIpc) is 2.73. The number of benzene rings is 2. The van der Waals surface area contributed by atoms with Crippen molar-refractivity contribution in [1.82, 2.24) is 9.97 Å². The molecule has 4 aromatic rings. The summed E-state index contributed by atoms with van der Waals surface area (Å²) in [5, 5.41) is 0. The molecule has 0 bridgehead atoms. The fraction of sp³-hybridized carbons (Fsp3) is 0.312. The summed E-state index contributed by atoms with van der Waals surface area (Å²) in [4.78, 5) is 9.35. The van der Waals surface area contributed by atoms with Crippen LogP contribution in [-0.2, 0) is 6.42 Å². The van der Waals surface area contributed by atoms with Crippen molar-refractivity contribution in [3.05, 3.63) is 104 Å². The number of aromatic nitrogens is 2. The van der Waals surface area contributed by atoms with Crippen LogP contribution in [0.5, 0.6) is 0 Å². The molecule has 0 fully saturated rings. The Morgan fingerprint density at radius 2 is 1.06 bits per heavy atom. The quantitative estimate of drug-likeness (QED) is 0.246. The lowest BCUT2D eigenvalue weighted by Crippen LogP contribution is -1.99. The van der Waals surface area contributed by atoms with Crippen LogP contribution < -0.4 is 0 Å². The summed E-state index contributed by atoms with van der Waals surface area (Å²) in [5.41, 5.74) is 13.7. The predicted octanol–water partition coefficient (Wildman–Crippen LogP) is 9.31. The SMILES string of the molecule is Cc1cc(C)c(-c2cccc(Br)n2)c(C)c1.Cc1cc(C)c(-c2cccc(CC(C)C)n2)c(C)c1. The van der Waals surface area contributed by atoms with Gasteiger partial charge in [-0.15, -0.1) is 0 Å². The lowest BCUT2D eigenvalue weighted by atomic mass is 9.96. The standard InChI is InChI=1S/C18H23N.C14H14BrN/c1-12(2)9-16-7-6-8-17(19-16)18-14(4)10-13(3)11-15(18)5;1-9-7-10(2)14(11(3)8-9)12-5-4-6-13(15)16-12/h6-8,10-12H,9H2,1-5H3;4-8H,1-3H3. The summed E-state index contributed by atoms with van der Waals surface area (Å²) >= 11 is 3.41. The second-order valence-electron chi connectivity index (χ2n) is 10.0. The molecular formula is C32H37BrN2. The molecule has 0 aliphatic rings. The predicted molar refractivity (Wildman–Crippen MR) is 154 cm³/mol. The van der Waals surface area contributed by atoms with Crippen LogP contribution in [0.15, 0.2) is 65.3 Å². The highest BCUT2D eigenvalue weighted by atomic mass is 79.9. The highest BCUT2D eigenvalue weighted by molar-refractivity contribution is 9.10. The summed E-state index contributed by atoms with van der Waals surface area (Å²) in [6, 6.07) is 21.3. The van der Waals surface area contributed by atoms with E-state index in [1.807, 2.05) is 12.1 Å². The van der Waals surface area contributed by atoms with Gasteiger partial charge in [-0.2, -0.15) is 0 Å². The number of hydrogen-bond donors (Lipinski definition) is 0. The summed E-state index contributed by atoms with van der Waals surface area (Å²) < 4.78 is 0.879. The second kappa shape index (κ2) is 11.8. The molecule has 4 rings (SSSR count). The van der Waals surface area contributed by atoms with Crippen LogP contribution in [0.2, 0.25) is 0 Å². The van der Waals surface area contributed by atoms with Gasteiger partial charge in [0, 0.05) is 16.8 Å². The molecule has 0 unspecified atom stereocenters. The zero-order chi connectivity index (χ0) is 25.7. The van der Waals surface area contributed by atoms with Crippen molar-refractivity contribution in [2.45, 2.75) is 61.8 Å². The maximum atomic E-state index is 4.83. The largest absolute Gasteiger partial charge is 0.253 e. The van der Waals surface area contributed by atoms with E-state index >= 15 is 0 Å². The lowest BCUT2D eigenvalue weighted by Gasteiger charge is -2.12. The van der Waals surface area contributed by atoms with Gasteiger partial charge in [-0.3, -0.25) is 4.98 Å². The molecule has 0 saturated heterocycles. The highest BCUT2D eigenvalue weighted by Gasteiger charge is 2.10. The molecule has 3 heteroatoms. The van der Waals surface area contributed by atoms with Crippen LogP contribution in [0.25, 0.3) is 22.5 Å². The maximum Gasteiger partial charge on any atom is 0.106 e. The molecule has 2 nitrogen and oxygen atoms in total. The van der Waals surface area contributed by atoms with Gasteiger partial charge in [0.25, 0.3) is 0 Å². The smallest absolute Gasteiger partial charge is 0.106 e. The first-order chi connectivity index (χ1) is 16.5. The van der Waals surface area contributed by atoms with Crippen LogP contribution in [0.3, 0.4) is 0 Å². The van der Waals surface area contributed by atoms with Crippen LogP contribution in [0.4, 0.5) is 0 Å². The van der Waals surface area contributed by atoms with Crippen molar-refractivity contribution in [3.63, 3.8) is 0 Å². The molecular weight excluding hydrogens is 492 g/mol. The van der Waals surface area contributed by atoms with Gasteiger partial charge < -0.3 is 0 Å². The third-order valence-electron chi connectivity index (χ3n) is 6.01. The Balaban J connectivity index is 0.000000198. The fourth-order valence-corrected chi connectivity index (χ4v) is 5.21. The molecule has 182 valence electrons. The Labute approximate surface area is 220 Å². The van der Waals surface area contributed by atoms with Gasteiger partial charge in [0.2, 0.25) is 0 Å². The summed E-state index contributed by atoms with van der Waals surface area (Å²) in [5.74, 6) is 0.642. The van der Waals surface area contributed by atoms with Crippen LogP contribution in [0, 0.1) is 47.5 Å². The molecule has 2 heterocycles. The first-order valence-electron chi connectivity index (χ1n) is 12.3. The van der Waals surface area contributed by atoms with E-state index in [2.05, 4.69) is 125 Å². The van der Waals surface area contributed by atoms with Gasteiger partial charge in [-0.1, -0.05) is 61.4 Å². The van der Waals surface area contributed by atoms with Crippen molar-refractivity contribution < 1.29 is 0 Å². The average molecular weight is 530 g/mol. The monoisotopic (exact) mass is 528 g/mol. The topological polar surface area (TPSA) is 25.8 Å². The minimum absolute atomic E-state index is 0.642. The molecule has 0 aliphatic heterocycles. The molecule has 2 aromatic carbocycles. The van der Waals surface area contributed by atoms with E-state index in [-0.39, 0.29) is 0 Å². The Morgan fingerprint density at radius 3 is 1.49 bits per heavy atom. The molecule has 0 atom stereocenters. The highest BCUT2D eigenvalue weighted by Crippen LogP contribution is 2.28. The van der Waals surface area contributed by atoms with E-state index in [0.29, 0.717) is 5.92 Å². The van der Waals surface area contributed by atoms with E-state index < -0.39 is 0 Å². The van der Waals surface area contributed by atoms with E-state index in [1.54, 1.807) is 0 Å². The first-order valence-corrected chi connectivity index (χ1v) is 13.1. The molecule has 35 heavy (non-hydrogen) atoms. The molecule has 2 aromatic heterocycles. The summed E-state index contributed by atoms with van der Waals surface area (Å²) in [7, 11) is 0. The van der Waals surface area contributed by atoms with Crippen molar-refractivity contribution in [2.75, 3.05) is 0 Å². The van der Waals surface area contributed by atoms with Crippen molar-refractivity contribution >= 4 is 15.9 Å². The maximum absolute atomic E-state index is 4.83. The van der Waals surface area contributed by atoms with Gasteiger partial charge in [-0.25, -0.2) is 4.98 Å². The molecule has 0 aliphatic carbocycles. The number of pyridine rings is 2. The van der Waals surface area contributed by atoms with Crippen LogP contribution in [-0.4, -0.2) is 9.97 Å². The lowest BCUT2D eigenvalue weighted by molar-refractivity contribution is 0.636. The third kappa shape index (κ3) is 7.11. The molecule has 0 amide bonds. The number of hydrogen-bond acceptors (Lipinski definition) is 2. The van der Waals surface area contributed by atoms with E-state index in [9.17, 15) is 0 Å².